The van der Waals surface area contributed by atoms with Crippen LogP contribution < -0.4 is 4.74 Å². The molecule has 110 valence electrons. The van der Waals surface area contributed by atoms with Crippen LogP contribution in [0.5, 0.6) is 5.75 Å². The molecule has 0 aromatic heterocycles. The zero-order chi connectivity index (χ0) is 15.4. The van der Waals surface area contributed by atoms with E-state index in [2.05, 4.69) is 45.4 Å². The molecule has 0 unspecified atom stereocenters. The van der Waals surface area contributed by atoms with E-state index in [0.29, 0.717) is 12.4 Å². The molecule has 0 fully saturated rings. The molecule has 22 heavy (non-hydrogen) atoms. The van der Waals surface area contributed by atoms with Gasteiger partial charge < -0.3 is 9.94 Å². The number of fused-ring (bicyclic) bond motifs is 1. The lowest BCUT2D eigenvalue weighted by atomic mass is 10.1. The van der Waals surface area contributed by atoms with Crippen molar-refractivity contribution in [2.45, 2.75) is 6.61 Å². The standard InChI is InChI=1S/C18H14BrNO2/c19-16-8-9-18(15(10-16)11-20-21)22-12-14-6-3-5-13-4-1-2-7-17(13)14/h1-11,21H,12H2/b20-11+. The van der Waals surface area contributed by atoms with E-state index in [4.69, 9.17) is 9.94 Å². The van der Waals surface area contributed by atoms with E-state index in [-0.39, 0.29) is 0 Å². The van der Waals surface area contributed by atoms with Gasteiger partial charge in [-0.2, -0.15) is 0 Å². The Morgan fingerprint density at radius 2 is 1.86 bits per heavy atom. The highest BCUT2D eigenvalue weighted by Gasteiger charge is 2.05. The molecule has 0 saturated carbocycles. The largest absolute Gasteiger partial charge is 0.488 e. The minimum atomic E-state index is 0.454. The molecule has 0 spiro atoms. The second-order valence-corrected chi connectivity index (χ2v) is 5.77. The maximum atomic E-state index is 8.76. The molecule has 0 saturated heterocycles. The number of rotatable bonds is 4. The fourth-order valence-electron chi connectivity index (χ4n) is 2.39. The van der Waals surface area contributed by atoms with Crippen molar-refractivity contribution in [2.75, 3.05) is 0 Å². The Hall–Kier alpha value is -2.33. The Labute approximate surface area is 137 Å². The molecule has 3 aromatic rings. The molecule has 3 rings (SSSR count). The summed E-state index contributed by atoms with van der Waals surface area (Å²) in [6.07, 6.45) is 1.36. The lowest BCUT2D eigenvalue weighted by Crippen LogP contribution is -1.99. The highest BCUT2D eigenvalue weighted by molar-refractivity contribution is 9.10. The monoisotopic (exact) mass is 355 g/mol. The van der Waals surface area contributed by atoms with Gasteiger partial charge in [-0.15, -0.1) is 0 Å². The zero-order valence-electron chi connectivity index (χ0n) is 11.7. The van der Waals surface area contributed by atoms with Crippen molar-refractivity contribution in [3.8, 4) is 5.75 Å². The predicted octanol–water partition coefficient (Wildman–Crippen LogP) is 4.99. The van der Waals surface area contributed by atoms with Crippen LogP contribution in [0.4, 0.5) is 0 Å². The number of benzene rings is 3. The Morgan fingerprint density at radius 3 is 2.73 bits per heavy atom. The average Bonchev–Trinajstić information content (AvgIpc) is 2.54. The third-order valence-corrected chi connectivity index (χ3v) is 3.93. The molecule has 0 aliphatic rings. The average molecular weight is 356 g/mol. The van der Waals surface area contributed by atoms with Crippen molar-refractivity contribution in [1.82, 2.24) is 0 Å². The van der Waals surface area contributed by atoms with Crippen molar-refractivity contribution in [2.24, 2.45) is 5.16 Å². The first-order valence-corrected chi connectivity index (χ1v) is 7.63. The minimum absolute atomic E-state index is 0.454. The molecule has 0 amide bonds. The van der Waals surface area contributed by atoms with E-state index in [0.717, 1.165) is 15.6 Å². The summed E-state index contributed by atoms with van der Waals surface area (Å²) >= 11 is 3.40. The Bertz CT molecular complexity index is 825. The summed E-state index contributed by atoms with van der Waals surface area (Å²) in [5, 5.41) is 14.2. The molecule has 1 N–H and O–H groups in total. The van der Waals surface area contributed by atoms with Gasteiger partial charge in [-0.1, -0.05) is 63.6 Å². The van der Waals surface area contributed by atoms with Gasteiger partial charge in [-0.05, 0) is 34.5 Å². The summed E-state index contributed by atoms with van der Waals surface area (Å²) in [5.41, 5.74) is 1.84. The summed E-state index contributed by atoms with van der Waals surface area (Å²) in [6, 6.07) is 20.0. The van der Waals surface area contributed by atoms with E-state index in [1.807, 2.05) is 36.4 Å². The highest BCUT2D eigenvalue weighted by atomic mass is 79.9. The second-order valence-electron chi connectivity index (χ2n) is 4.85. The molecule has 0 radical (unpaired) electrons. The van der Waals surface area contributed by atoms with Crippen LogP contribution >= 0.6 is 15.9 Å². The molecule has 0 aliphatic heterocycles. The molecular weight excluding hydrogens is 342 g/mol. The van der Waals surface area contributed by atoms with E-state index < -0.39 is 0 Å². The SMILES string of the molecule is O/N=C/c1cc(Br)ccc1OCc1cccc2ccccc12. The predicted molar refractivity (Wildman–Crippen MR) is 91.8 cm³/mol. The topological polar surface area (TPSA) is 41.8 Å². The van der Waals surface area contributed by atoms with Gasteiger partial charge in [0, 0.05) is 10.0 Å². The highest BCUT2D eigenvalue weighted by Crippen LogP contribution is 2.24. The van der Waals surface area contributed by atoms with Crippen molar-refractivity contribution in [3.63, 3.8) is 0 Å². The maximum absolute atomic E-state index is 8.76. The van der Waals surface area contributed by atoms with E-state index in [1.165, 1.54) is 17.0 Å². The molecule has 3 nitrogen and oxygen atoms in total. The maximum Gasteiger partial charge on any atom is 0.128 e. The Morgan fingerprint density at radius 1 is 1.05 bits per heavy atom. The zero-order valence-corrected chi connectivity index (χ0v) is 13.3. The van der Waals surface area contributed by atoms with Crippen LogP contribution in [-0.4, -0.2) is 11.4 Å². The van der Waals surface area contributed by atoms with Crippen molar-refractivity contribution in [3.05, 3.63) is 76.3 Å². The van der Waals surface area contributed by atoms with Gasteiger partial charge >= 0.3 is 0 Å². The van der Waals surface area contributed by atoms with Gasteiger partial charge in [-0.3, -0.25) is 0 Å². The van der Waals surface area contributed by atoms with Crippen LogP contribution in [0.2, 0.25) is 0 Å². The molecule has 0 atom stereocenters. The first kappa shape index (κ1) is 14.6. The van der Waals surface area contributed by atoms with Crippen molar-refractivity contribution < 1.29 is 9.94 Å². The van der Waals surface area contributed by atoms with Crippen LogP contribution in [0.15, 0.2) is 70.3 Å². The molecule has 3 aromatic carbocycles. The van der Waals surface area contributed by atoms with Crippen LogP contribution in [0.3, 0.4) is 0 Å². The van der Waals surface area contributed by atoms with Gasteiger partial charge in [0.05, 0.1) is 6.21 Å². The van der Waals surface area contributed by atoms with Gasteiger partial charge in [0.1, 0.15) is 12.4 Å². The first-order valence-electron chi connectivity index (χ1n) is 6.84. The molecular formula is C18H14BrNO2. The van der Waals surface area contributed by atoms with Gasteiger partial charge in [0.15, 0.2) is 0 Å². The number of halogens is 1. The fourth-order valence-corrected chi connectivity index (χ4v) is 2.77. The third kappa shape index (κ3) is 3.12. The van der Waals surface area contributed by atoms with E-state index in [1.54, 1.807) is 0 Å². The molecule has 0 aliphatic carbocycles. The molecule has 4 heteroatoms. The Balaban J connectivity index is 1.88. The molecule has 0 heterocycles. The summed E-state index contributed by atoms with van der Waals surface area (Å²) in [4.78, 5) is 0. The van der Waals surface area contributed by atoms with Crippen molar-refractivity contribution in [1.29, 1.82) is 0 Å². The van der Waals surface area contributed by atoms with Crippen LogP contribution in [0, 0.1) is 0 Å². The Kier molecular flexibility index (Phi) is 4.39. The van der Waals surface area contributed by atoms with Gasteiger partial charge in [0.25, 0.3) is 0 Å². The normalized spacial score (nSPS) is 11.1. The summed E-state index contributed by atoms with van der Waals surface area (Å²) in [6.45, 7) is 0.454. The van der Waals surface area contributed by atoms with E-state index in [9.17, 15) is 0 Å². The van der Waals surface area contributed by atoms with Crippen LogP contribution in [-0.2, 0) is 6.61 Å². The number of hydrogen-bond acceptors (Lipinski definition) is 3. The number of hydrogen-bond donors (Lipinski definition) is 1. The summed E-state index contributed by atoms with van der Waals surface area (Å²) in [5.74, 6) is 0.675. The lowest BCUT2D eigenvalue weighted by molar-refractivity contribution is 0.305. The lowest BCUT2D eigenvalue weighted by Gasteiger charge is -2.11. The number of nitrogens with zero attached hydrogens (tertiary/aromatic N) is 1. The smallest absolute Gasteiger partial charge is 0.128 e. The van der Waals surface area contributed by atoms with Gasteiger partial charge in [0.2, 0.25) is 0 Å². The van der Waals surface area contributed by atoms with Gasteiger partial charge in [-0.25, -0.2) is 0 Å². The molecule has 0 bridgehead atoms. The quantitative estimate of drug-likeness (QED) is 0.407. The van der Waals surface area contributed by atoms with Crippen LogP contribution in [0.25, 0.3) is 10.8 Å². The third-order valence-electron chi connectivity index (χ3n) is 3.43. The number of ether oxygens (including phenoxy) is 1. The van der Waals surface area contributed by atoms with Crippen LogP contribution in [0.1, 0.15) is 11.1 Å². The van der Waals surface area contributed by atoms with E-state index >= 15 is 0 Å². The summed E-state index contributed by atoms with van der Waals surface area (Å²) < 4.78 is 6.82. The number of oxime groups is 1. The van der Waals surface area contributed by atoms with Crippen molar-refractivity contribution >= 4 is 32.9 Å². The summed E-state index contributed by atoms with van der Waals surface area (Å²) in [7, 11) is 0. The minimum Gasteiger partial charge on any atom is -0.488 e. The second kappa shape index (κ2) is 6.62. The fraction of sp³-hybridized carbons (Fsp3) is 0.0556. The first-order chi connectivity index (χ1) is 10.8.